The van der Waals surface area contributed by atoms with Crippen LogP contribution >= 0.6 is 11.6 Å². The number of hydrogen-bond acceptors (Lipinski definition) is 8. The molecule has 0 fully saturated rings. The van der Waals surface area contributed by atoms with E-state index >= 15 is 0 Å². The molecule has 0 atom stereocenters. The minimum atomic E-state index is -0.232. The average Bonchev–Trinajstić information content (AvgIpc) is 3.26. The first-order valence-corrected chi connectivity index (χ1v) is 9.03. The summed E-state index contributed by atoms with van der Waals surface area (Å²) in [6.45, 7) is 3.98. The fourth-order valence-corrected chi connectivity index (χ4v) is 3.06. The van der Waals surface area contributed by atoms with Crippen molar-refractivity contribution < 1.29 is 14.2 Å². The summed E-state index contributed by atoms with van der Waals surface area (Å²) < 4.78 is 12.4. The number of nitrogens with two attached hydrogens (primary N) is 1. The van der Waals surface area contributed by atoms with Crippen LogP contribution in [0.2, 0.25) is 5.02 Å². The van der Waals surface area contributed by atoms with Crippen LogP contribution < -0.4 is 15.8 Å². The van der Waals surface area contributed by atoms with Crippen LogP contribution in [0.5, 0.6) is 11.6 Å². The molecule has 10 nitrogen and oxygen atoms in total. The first-order valence-electron chi connectivity index (χ1n) is 8.66. The number of carbonyl (C=O) groups excluding carboxylic acids is 1. The number of nitrogens with one attached hydrogen (secondary N) is 1. The Morgan fingerprint density at radius 2 is 2.17 bits per heavy atom. The van der Waals surface area contributed by atoms with E-state index in [2.05, 4.69) is 30.2 Å². The summed E-state index contributed by atoms with van der Waals surface area (Å²) in [4.78, 5) is 20.1. The van der Waals surface area contributed by atoms with Crippen molar-refractivity contribution in [1.29, 1.82) is 0 Å². The number of ether oxygens (including phenoxy) is 1. The van der Waals surface area contributed by atoms with Crippen molar-refractivity contribution in [3.05, 3.63) is 35.5 Å². The molecule has 0 bridgehead atoms. The van der Waals surface area contributed by atoms with Gasteiger partial charge in [0.1, 0.15) is 11.3 Å². The van der Waals surface area contributed by atoms with E-state index in [1.165, 1.54) is 6.92 Å². The van der Waals surface area contributed by atoms with E-state index in [0.717, 1.165) is 5.52 Å². The summed E-state index contributed by atoms with van der Waals surface area (Å²) in [6, 6.07) is 6.70. The highest BCUT2D eigenvalue weighted by atomic mass is 35.5. The molecule has 0 radical (unpaired) electrons. The molecule has 1 amide bonds. The number of nitrogen functional groups attached to an aromatic ring is 1. The fraction of sp³-hybridized carbons (Fsp3) is 0.167. The van der Waals surface area contributed by atoms with Gasteiger partial charge < -0.3 is 20.4 Å². The number of pyridine rings is 1. The first kappa shape index (κ1) is 18.7. The molecule has 0 unspecified atom stereocenters. The van der Waals surface area contributed by atoms with Gasteiger partial charge in [-0.15, -0.1) is 0 Å². The van der Waals surface area contributed by atoms with E-state index in [-0.39, 0.29) is 11.7 Å². The van der Waals surface area contributed by atoms with Crippen LogP contribution in [0.4, 0.5) is 11.5 Å². The lowest BCUT2D eigenvalue weighted by molar-refractivity contribution is -0.114. The Bertz CT molecular complexity index is 1220. The van der Waals surface area contributed by atoms with Gasteiger partial charge in [0.15, 0.2) is 17.3 Å². The topological polar surface area (TPSA) is 134 Å². The van der Waals surface area contributed by atoms with Crippen LogP contribution in [-0.4, -0.2) is 30.8 Å². The zero-order chi connectivity index (χ0) is 20.5. The quantitative estimate of drug-likeness (QED) is 0.507. The van der Waals surface area contributed by atoms with Gasteiger partial charge >= 0.3 is 0 Å². The van der Waals surface area contributed by atoms with E-state index in [1.807, 2.05) is 11.5 Å². The first-order chi connectivity index (χ1) is 14.0. The molecule has 29 heavy (non-hydrogen) atoms. The summed E-state index contributed by atoms with van der Waals surface area (Å²) in [5.74, 6) is 1.27. The van der Waals surface area contributed by atoms with E-state index in [9.17, 15) is 4.79 Å². The largest absolute Gasteiger partial charge is 0.439 e. The van der Waals surface area contributed by atoms with E-state index in [0.29, 0.717) is 45.9 Å². The smallest absolute Gasteiger partial charge is 0.221 e. The lowest BCUT2D eigenvalue weighted by atomic mass is 10.3. The number of nitrogens with zero attached hydrogens (tertiary/aromatic N) is 5. The number of carbonyl (C=O) groups is 1. The van der Waals surface area contributed by atoms with E-state index in [1.54, 1.807) is 30.5 Å². The fourth-order valence-electron chi connectivity index (χ4n) is 2.89. The SMILES string of the molecule is CCn1c(-c2nonc2N)nc2cnc(Oc3ccc(Cl)c(NC(C)=O)c3)cc21. The minimum Gasteiger partial charge on any atom is -0.439 e. The van der Waals surface area contributed by atoms with Crippen molar-refractivity contribution in [3.8, 4) is 23.1 Å². The summed E-state index contributed by atoms with van der Waals surface area (Å²) in [5.41, 5.74) is 8.05. The van der Waals surface area contributed by atoms with Gasteiger partial charge in [0, 0.05) is 25.6 Å². The average molecular weight is 414 g/mol. The Balaban J connectivity index is 1.71. The van der Waals surface area contributed by atoms with Crippen molar-refractivity contribution in [3.63, 3.8) is 0 Å². The lowest BCUT2D eigenvalue weighted by Crippen LogP contribution is -2.06. The maximum Gasteiger partial charge on any atom is 0.221 e. The second-order valence-corrected chi connectivity index (χ2v) is 6.52. The molecule has 3 heterocycles. The maximum atomic E-state index is 11.3. The maximum absolute atomic E-state index is 11.3. The summed E-state index contributed by atoms with van der Waals surface area (Å²) in [5, 5.41) is 10.5. The molecule has 0 aliphatic rings. The second-order valence-electron chi connectivity index (χ2n) is 6.11. The number of hydrogen-bond donors (Lipinski definition) is 2. The Morgan fingerprint density at radius 1 is 1.34 bits per heavy atom. The Labute approximate surface area is 169 Å². The second kappa shape index (κ2) is 7.40. The number of amides is 1. The lowest BCUT2D eigenvalue weighted by Gasteiger charge is -2.09. The number of benzene rings is 1. The zero-order valence-electron chi connectivity index (χ0n) is 15.5. The molecule has 0 aliphatic heterocycles. The highest BCUT2D eigenvalue weighted by Gasteiger charge is 2.19. The third-order valence-corrected chi connectivity index (χ3v) is 4.45. The predicted molar refractivity (Wildman–Crippen MR) is 107 cm³/mol. The molecular formula is C18H16ClN7O3. The van der Waals surface area contributed by atoms with Gasteiger partial charge in [-0.25, -0.2) is 14.6 Å². The van der Waals surface area contributed by atoms with Crippen LogP contribution in [-0.2, 0) is 11.3 Å². The van der Waals surface area contributed by atoms with Crippen LogP contribution in [0.25, 0.3) is 22.6 Å². The monoisotopic (exact) mass is 413 g/mol. The van der Waals surface area contributed by atoms with Crippen molar-refractivity contribution in [2.75, 3.05) is 11.1 Å². The molecule has 0 saturated heterocycles. The molecule has 148 valence electrons. The van der Waals surface area contributed by atoms with Crippen LogP contribution in [0.15, 0.2) is 35.1 Å². The normalized spacial score (nSPS) is 11.0. The van der Waals surface area contributed by atoms with Gasteiger partial charge in [-0.2, -0.15) is 0 Å². The van der Waals surface area contributed by atoms with Crippen molar-refractivity contribution in [2.45, 2.75) is 20.4 Å². The highest BCUT2D eigenvalue weighted by molar-refractivity contribution is 6.33. The van der Waals surface area contributed by atoms with Gasteiger partial charge in [-0.05, 0) is 29.4 Å². The molecule has 0 spiro atoms. The Morgan fingerprint density at radius 3 is 2.86 bits per heavy atom. The standard InChI is InChI=1S/C18H16ClN7O3/c1-3-26-14-7-15(28-10-4-5-11(19)12(6-10)22-9(2)27)21-8-13(14)23-18(26)16-17(20)25-29-24-16/h4-8H,3H2,1-2H3,(H2,20,25)(H,22,27). The molecule has 0 saturated carbocycles. The van der Waals surface area contributed by atoms with Gasteiger partial charge in [-0.1, -0.05) is 11.6 Å². The molecule has 3 aromatic heterocycles. The molecule has 4 rings (SSSR count). The number of anilines is 2. The zero-order valence-corrected chi connectivity index (χ0v) is 16.3. The molecular weight excluding hydrogens is 398 g/mol. The Kier molecular flexibility index (Phi) is 4.77. The van der Waals surface area contributed by atoms with Crippen LogP contribution in [0.1, 0.15) is 13.8 Å². The number of aryl methyl sites for hydroxylation is 1. The van der Waals surface area contributed by atoms with Gasteiger partial charge in [0.25, 0.3) is 0 Å². The van der Waals surface area contributed by atoms with Gasteiger partial charge in [0.2, 0.25) is 11.8 Å². The molecule has 3 N–H and O–H groups in total. The molecule has 4 aromatic rings. The predicted octanol–water partition coefficient (Wildman–Crippen LogP) is 3.49. The number of aromatic nitrogens is 5. The Hall–Kier alpha value is -3.66. The van der Waals surface area contributed by atoms with Crippen molar-refractivity contribution >= 4 is 40.0 Å². The van der Waals surface area contributed by atoms with Gasteiger partial charge in [-0.3, -0.25) is 4.79 Å². The van der Waals surface area contributed by atoms with Crippen molar-refractivity contribution in [1.82, 2.24) is 24.8 Å². The third kappa shape index (κ3) is 3.57. The number of rotatable bonds is 5. The van der Waals surface area contributed by atoms with Crippen LogP contribution in [0.3, 0.4) is 0 Å². The number of imidazole rings is 1. The van der Waals surface area contributed by atoms with E-state index < -0.39 is 0 Å². The third-order valence-electron chi connectivity index (χ3n) is 4.12. The summed E-state index contributed by atoms with van der Waals surface area (Å²) >= 11 is 6.10. The van der Waals surface area contributed by atoms with Gasteiger partial charge in [0.05, 0.1) is 22.4 Å². The molecule has 11 heteroatoms. The molecule has 1 aromatic carbocycles. The highest BCUT2D eigenvalue weighted by Crippen LogP contribution is 2.31. The van der Waals surface area contributed by atoms with Crippen LogP contribution in [0, 0.1) is 0 Å². The summed E-state index contributed by atoms with van der Waals surface area (Å²) in [7, 11) is 0. The number of fused-ring (bicyclic) bond motifs is 1. The summed E-state index contributed by atoms with van der Waals surface area (Å²) in [6.07, 6.45) is 1.59. The van der Waals surface area contributed by atoms with Crippen molar-refractivity contribution in [2.24, 2.45) is 0 Å². The van der Waals surface area contributed by atoms with E-state index in [4.69, 9.17) is 22.1 Å². The molecule has 0 aliphatic carbocycles. The number of halogens is 1. The minimum absolute atomic E-state index is 0.158.